The molecule has 1 amide bonds. The van der Waals surface area contributed by atoms with Crippen molar-refractivity contribution >= 4 is 33.3 Å². The van der Waals surface area contributed by atoms with Gasteiger partial charge in [-0.15, -0.1) is 11.3 Å². The van der Waals surface area contributed by atoms with Crippen molar-refractivity contribution in [2.24, 2.45) is 23.2 Å². The van der Waals surface area contributed by atoms with Crippen LogP contribution in [0, 0.1) is 30.1 Å². The first-order chi connectivity index (χ1) is 14.8. The smallest absolute Gasteiger partial charge is 0.303 e. The van der Waals surface area contributed by atoms with Crippen molar-refractivity contribution in [1.29, 1.82) is 0 Å². The molecule has 0 unspecified atom stereocenters. The number of fused-ring (bicyclic) bond motifs is 3. The fourth-order valence-corrected chi connectivity index (χ4v) is 6.67. The van der Waals surface area contributed by atoms with Crippen LogP contribution >= 0.6 is 11.3 Å². The fraction of sp³-hybridized carbons (Fsp3) is 0.538. The molecule has 2 N–H and O–H groups in total. The van der Waals surface area contributed by atoms with E-state index in [-0.39, 0.29) is 18.4 Å². The molecule has 31 heavy (non-hydrogen) atoms. The maximum atomic E-state index is 13.2. The molecule has 4 atom stereocenters. The zero-order chi connectivity index (χ0) is 22.2. The maximum absolute atomic E-state index is 13.2. The van der Waals surface area contributed by atoms with Crippen molar-refractivity contribution in [3.05, 3.63) is 46.9 Å². The molecule has 5 heteroatoms. The van der Waals surface area contributed by atoms with Gasteiger partial charge in [0, 0.05) is 27.9 Å². The molecule has 1 heterocycles. The molecule has 0 saturated heterocycles. The number of carbonyl (C=O) groups excluding carboxylic acids is 1. The number of carbonyl (C=O) groups is 2. The van der Waals surface area contributed by atoms with Gasteiger partial charge < -0.3 is 10.4 Å². The minimum Gasteiger partial charge on any atom is -0.481 e. The number of allylic oxidation sites excluding steroid dienone is 2. The minimum absolute atomic E-state index is 0.0522. The molecule has 3 aliphatic carbocycles. The zero-order valence-corrected chi connectivity index (χ0v) is 19.5. The van der Waals surface area contributed by atoms with Gasteiger partial charge in [0.1, 0.15) is 0 Å². The molecule has 5 rings (SSSR count). The van der Waals surface area contributed by atoms with E-state index in [1.807, 2.05) is 5.38 Å². The van der Waals surface area contributed by atoms with Crippen molar-refractivity contribution in [3.63, 3.8) is 0 Å². The Morgan fingerprint density at radius 1 is 1.26 bits per heavy atom. The molecule has 2 bridgehead atoms. The number of aryl methyl sites for hydroxylation is 1. The number of carboxylic acid groups (broad SMARTS) is 1. The van der Waals surface area contributed by atoms with E-state index in [9.17, 15) is 9.59 Å². The number of rotatable bonds is 8. The van der Waals surface area contributed by atoms with E-state index in [0.717, 1.165) is 34.9 Å². The van der Waals surface area contributed by atoms with E-state index in [1.54, 1.807) is 11.3 Å². The number of carboxylic acids is 1. The first-order valence-corrected chi connectivity index (χ1v) is 12.3. The van der Waals surface area contributed by atoms with Crippen molar-refractivity contribution in [2.45, 2.75) is 65.3 Å². The molecule has 4 nitrogen and oxygen atoms in total. The van der Waals surface area contributed by atoms with Crippen LogP contribution in [0.25, 0.3) is 10.1 Å². The molecule has 0 radical (unpaired) electrons. The van der Waals surface area contributed by atoms with Crippen molar-refractivity contribution in [3.8, 4) is 0 Å². The SMILES string of the molecule is Cc1ccc2scc(C(=O)N[C@@H]3C[C@H]4C[C@@H]([C@@H]3C/C=C\CCCC(=O)O)C4(C)C)c2c1. The number of hydrogen-bond donors (Lipinski definition) is 2. The highest BCUT2D eigenvalue weighted by molar-refractivity contribution is 7.17. The summed E-state index contributed by atoms with van der Waals surface area (Å²) in [5, 5.41) is 15.2. The normalized spacial score (nSPS) is 26.7. The monoisotopic (exact) mass is 439 g/mol. The largest absolute Gasteiger partial charge is 0.481 e. The predicted molar refractivity (Wildman–Crippen MR) is 127 cm³/mol. The number of benzene rings is 1. The van der Waals surface area contributed by atoms with Crippen LogP contribution in [-0.4, -0.2) is 23.0 Å². The number of hydrogen-bond acceptors (Lipinski definition) is 3. The second-order valence-corrected chi connectivity index (χ2v) is 10.9. The molecule has 0 spiro atoms. The van der Waals surface area contributed by atoms with Gasteiger partial charge in [0.25, 0.3) is 5.91 Å². The summed E-state index contributed by atoms with van der Waals surface area (Å²) in [6.07, 6.45) is 9.29. The summed E-state index contributed by atoms with van der Waals surface area (Å²) in [6.45, 7) is 6.82. The van der Waals surface area contributed by atoms with Crippen LogP contribution in [0.3, 0.4) is 0 Å². The second kappa shape index (κ2) is 8.78. The minimum atomic E-state index is -0.734. The van der Waals surface area contributed by atoms with Crippen molar-refractivity contribution in [2.75, 3.05) is 0 Å². The third kappa shape index (κ3) is 4.43. The van der Waals surface area contributed by atoms with Gasteiger partial charge in [-0.25, -0.2) is 0 Å². The van der Waals surface area contributed by atoms with E-state index >= 15 is 0 Å². The Bertz CT molecular complexity index is 1010. The molecule has 1 aromatic heterocycles. The van der Waals surface area contributed by atoms with Crippen LogP contribution in [0.5, 0.6) is 0 Å². The number of aliphatic carboxylic acids is 1. The molecule has 166 valence electrons. The van der Waals surface area contributed by atoms with E-state index in [4.69, 9.17) is 5.11 Å². The molecular weight excluding hydrogens is 406 g/mol. The fourth-order valence-electron chi connectivity index (χ4n) is 5.75. The highest BCUT2D eigenvalue weighted by Crippen LogP contribution is 2.62. The van der Waals surface area contributed by atoms with Crippen LogP contribution in [0.2, 0.25) is 0 Å². The Balaban J connectivity index is 1.45. The topological polar surface area (TPSA) is 66.4 Å². The Morgan fingerprint density at radius 2 is 2.06 bits per heavy atom. The van der Waals surface area contributed by atoms with E-state index < -0.39 is 5.97 Å². The average Bonchev–Trinajstić information content (AvgIpc) is 3.13. The summed E-state index contributed by atoms with van der Waals surface area (Å²) in [4.78, 5) is 23.9. The Labute approximate surface area is 188 Å². The lowest BCUT2D eigenvalue weighted by Gasteiger charge is -2.62. The third-order valence-corrected chi connectivity index (χ3v) is 8.71. The predicted octanol–water partition coefficient (Wildman–Crippen LogP) is 6.19. The zero-order valence-electron chi connectivity index (χ0n) is 18.7. The third-order valence-electron chi connectivity index (χ3n) is 7.74. The second-order valence-electron chi connectivity index (χ2n) is 9.98. The van der Waals surface area contributed by atoms with Gasteiger partial charge >= 0.3 is 5.97 Å². The van der Waals surface area contributed by atoms with Crippen LogP contribution < -0.4 is 5.32 Å². The summed E-state index contributed by atoms with van der Waals surface area (Å²) in [5.41, 5.74) is 2.31. The summed E-state index contributed by atoms with van der Waals surface area (Å²) in [6, 6.07) is 6.51. The first-order valence-electron chi connectivity index (χ1n) is 11.4. The van der Waals surface area contributed by atoms with Crippen LogP contribution in [0.15, 0.2) is 35.7 Å². The number of thiophene rings is 1. The lowest BCUT2D eigenvalue weighted by Crippen LogP contribution is -2.61. The van der Waals surface area contributed by atoms with Gasteiger partial charge in [-0.1, -0.05) is 37.6 Å². The van der Waals surface area contributed by atoms with Gasteiger partial charge in [-0.05, 0) is 74.3 Å². The summed E-state index contributed by atoms with van der Waals surface area (Å²) in [5.74, 6) is 1.06. The molecule has 3 saturated carbocycles. The van der Waals surface area contributed by atoms with E-state index in [2.05, 4.69) is 56.4 Å². The van der Waals surface area contributed by atoms with Crippen molar-refractivity contribution in [1.82, 2.24) is 5.32 Å². The molecule has 0 aliphatic heterocycles. The van der Waals surface area contributed by atoms with E-state index in [0.29, 0.717) is 29.6 Å². The standard InChI is InChI=1S/C26H33NO3S/c1-16-10-11-23-19(12-16)20(15-31-23)25(30)27-22-14-17-13-21(26(17,2)3)18(22)8-6-4-5-7-9-24(28)29/h4,6,10-12,15,17-18,21-22H,5,7-9,13-14H2,1-3H3,(H,27,30)(H,28,29)/b6-4-/t17-,18+,21+,22-/m1/s1. The molecule has 3 fully saturated rings. The highest BCUT2D eigenvalue weighted by Gasteiger charge is 2.57. The Kier molecular flexibility index (Phi) is 6.25. The van der Waals surface area contributed by atoms with Crippen LogP contribution in [-0.2, 0) is 4.79 Å². The van der Waals surface area contributed by atoms with Gasteiger partial charge in [0.2, 0.25) is 0 Å². The molecule has 2 aromatic rings. The highest BCUT2D eigenvalue weighted by atomic mass is 32.1. The summed E-state index contributed by atoms with van der Waals surface area (Å²) < 4.78 is 1.16. The molecule has 3 aliphatic rings. The van der Waals surface area contributed by atoms with Crippen molar-refractivity contribution < 1.29 is 14.7 Å². The number of unbranched alkanes of at least 4 members (excludes halogenated alkanes) is 1. The number of nitrogens with one attached hydrogen (secondary N) is 1. The van der Waals surface area contributed by atoms with Gasteiger partial charge in [0.05, 0.1) is 5.56 Å². The van der Waals surface area contributed by atoms with Gasteiger partial charge in [-0.3, -0.25) is 9.59 Å². The number of amides is 1. The molecular formula is C26H33NO3S. The Morgan fingerprint density at radius 3 is 2.81 bits per heavy atom. The summed E-state index contributed by atoms with van der Waals surface area (Å²) >= 11 is 1.63. The Hall–Kier alpha value is -2.14. The summed E-state index contributed by atoms with van der Waals surface area (Å²) in [7, 11) is 0. The lowest BCUT2D eigenvalue weighted by atomic mass is 9.44. The van der Waals surface area contributed by atoms with Gasteiger partial charge in [-0.2, -0.15) is 0 Å². The van der Waals surface area contributed by atoms with Gasteiger partial charge in [0.15, 0.2) is 0 Å². The quantitative estimate of drug-likeness (QED) is 0.381. The maximum Gasteiger partial charge on any atom is 0.303 e. The lowest BCUT2D eigenvalue weighted by molar-refractivity contribution is -0.137. The van der Waals surface area contributed by atoms with Crippen LogP contribution in [0.1, 0.15) is 68.3 Å². The molecule has 1 aromatic carbocycles. The van der Waals surface area contributed by atoms with E-state index in [1.165, 1.54) is 12.0 Å². The average molecular weight is 440 g/mol. The van der Waals surface area contributed by atoms with Crippen LogP contribution in [0.4, 0.5) is 0 Å². The first kappa shape index (κ1) is 22.1.